The van der Waals surface area contributed by atoms with Crippen LogP contribution in [0, 0.1) is 0 Å². The number of thiocarbonyl (C=S) groups is 1. The average Bonchev–Trinajstić information content (AvgIpc) is 3.23. The second-order valence-electron chi connectivity index (χ2n) is 7.01. The van der Waals surface area contributed by atoms with E-state index in [0.717, 1.165) is 11.9 Å². The van der Waals surface area contributed by atoms with Crippen LogP contribution in [0.1, 0.15) is 22.8 Å². The summed E-state index contributed by atoms with van der Waals surface area (Å²) in [6, 6.07) is 17.9. The summed E-state index contributed by atoms with van der Waals surface area (Å²) in [6.45, 7) is 2.09. The first-order valence-electron chi connectivity index (χ1n) is 9.92. The summed E-state index contributed by atoms with van der Waals surface area (Å²) in [5.74, 6) is 0.751. The highest BCUT2D eigenvalue weighted by Crippen LogP contribution is 2.32. The van der Waals surface area contributed by atoms with Gasteiger partial charge in [0.1, 0.15) is 11.3 Å². The van der Waals surface area contributed by atoms with Gasteiger partial charge in [-0.2, -0.15) is 0 Å². The van der Waals surface area contributed by atoms with Crippen LogP contribution in [-0.2, 0) is 6.42 Å². The predicted octanol–water partition coefficient (Wildman–Crippen LogP) is 5.85. The number of nitrogens with zero attached hydrogens (tertiary/aromatic N) is 1. The van der Waals surface area contributed by atoms with Gasteiger partial charge in [0.05, 0.1) is 17.7 Å². The largest absolute Gasteiger partial charge is 0.497 e. The van der Waals surface area contributed by atoms with E-state index in [1.54, 1.807) is 49.6 Å². The van der Waals surface area contributed by atoms with Crippen LogP contribution in [0.5, 0.6) is 5.75 Å². The van der Waals surface area contributed by atoms with E-state index in [4.69, 9.17) is 33.0 Å². The number of aryl methyl sites for hydroxylation is 1. The van der Waals surface area contributed by atoms with E-state index >= 15 is 0 Å². The number of halogens is 1. The number of carbonyl (C=O) groups excluding carboxylic acids is 1. The third-order valence-corrected chi connectivity index (χ3v) is 5.43. The molecule has 6 nitrogen and oxygen atoms in total. The lowest BCUT2D eigenvalue weighted by atomic mass is 10.1. The van der Waals surface area contributed by atoms with Crippen molar-refractivity contribution >= 4 is 51.6 Å². The molecular formula is C24H20ClN3O3S. The Bertz CT molecular complexity index is 1300. The number of aromatic nitrogens is 1. The summed E-state index contributed by atoms with van der Waals surface area (Å²) in [5.41, 5.74) is 4.36. The molecule has 0 atom stereocenters. The zero-order chi connectivity index (χ0) is 22.7. The van der Waals surface area contributed by atoms with Crippen LogP contribution in [0.15, 0.2) is 65.1 Å². The molecule has 0 aliphatic rings. The van der Waals surface area contributed by atoms with Gasteiger partial charge in [0.25, 0.3) is 5.91 Å². The molecule has 0 bridgehead atoms. The standard InChI is InChI=1S/C24H20ClN3O3S/c1-3-14-4-11-21-20(12-14)27-23(31-21)18-13-16(7-10-19(18)25)26-24(32)28-22(29)15-5-8-17(30-2)9-6-15/h4-13H,3H2,1-2H3,(H2,26,28,29,32). The molecule has 162 valence electrons. The molecule has 3 aromatic carbocycles. The van der Waals surface area contributed by atoms with Crippen LogP contribution in [0.4, 0.5) is 5.69 Å². The number of methoxy groups -OCH3 is 1. The molecule has 8 heteroatoms. The lowest BCUT2D eigenvalue weighted by Gasteiger charge is -2.11. The van der Waals surface area contributed by atoms with Crippen LogP contribution < -0.4 is 15.4 Å². The molecule has 4 aromatic rings. The number of nitrogens with one attached hydrogen (secondary N) is 2. The predicted molar refractivity (Wildman–Crippen MR) is 131 cm³/mol. The van der Waals surface area contributed by atoms with Crippen molar-refractivity contribution in [3.05, 3.63) is 76.8 Å². The molecule has 1 aromatic heterocycles. The Kier molecular flexibility index (Phi) is 6.39. The fourth-order valence-electron chi connectivity index (χ4n) is 3.16. The van der Waals surface area contributed by atoms with Gasteiger partial charge in [-0.1, -0.05) is 24.6 Å². The quantitative estimate of drug-likeness (QED) is 0.360. The molecule has 0 fully saturated rings. The van der Waals surface area contributed by atoms with Gasteiger partial charge in [0.2, 0.25) is 5.89 Å². The fraction of sp³-hybridized carbons (Fsp3) is 0.125. The Balaban J connectivity index is 1.51. The van der Waals surface area contributed by atoms with Gasteiger partial charge in [-0.3, -0.25) is 10.1 Å². The fourth-order valence-corrected chi connectivity index (χ4v) is 3.56. The number of anilines is 1. The smallest absolute Gasteiger partial charge is 0.257 e. The van der Waals surface area contributed by atoms with Crippen LogP contribution in [-0.4, -0.2) is 23.1 Å². The van der Waals surface area contributed by atoms with Crippen molar-refractivity contribution < 1.29 is 13.9 Å². The molecule has 32 heavy (non-hydrogen) atoms. The molecule has 0 unspecified atom stereocenters. The molecule has 0 saturated carbocycles. The maximum Gasteiger partial charge on any atom is 0.257 e. The number of benzene rings is 3. The molecule has 1 amide bonds. The minimum atomic E-state index is -0.329. The molecule has 0 radical (unpaired) electrons. The first kappa shape index (κ1) is 21.8. The minimum Gasteiger partial charge on any atom is -0.497 e. The van der Waals surface area contributed by atoms with Crippen molar-refractivity contribution in [3.63, 3.8) is 0 Å². The number of carbonyl (C=O) groups is 1. The summed E-state index contributed by atoms with van der Waals surface area (Å²) >= 11 is 11.7. The minimum absolute atomic E-state index is 0.157. The van der Waals surface area contributed by atoms with E-state index < -0.39 is 0 Å². The Morgan fingerprint density at radius 1 is 1.12 bits per heavy atom. The molecule has 1 heterocycles. The van der Waals surface area contributed by atoms with Gasteiger partial charge in [0, 0.05) is 11.3 Å². The summed E-state index contributed by atoms with van der Waals surface area (Å²) in [5, 5.41) is 6.31. The van der Waals surface area contributed by atoms with Crippen LogP contribution in [0.3, 0.4) is 0 Å². The number of rotatable bonds is 5. The van der Waals surface area contributed by atoms with Crippen LogP contribution in [0.2, 0.25) is 5.02 Å². The third kappa shape index (κ3) is 4.74. The normalized spacial score (nSPS) is 10.7. The van der Waals surface area contributed by atoms with Crippen molar-refractivity contribution in [1.29, 1.82) is 0 Å². The first-order chi connectivity index (χ1) is 15.5. The molecule has 0 aliphatic heterocycles. The van der Waals surface area contributed by atoms with E-state index in [1.807, 2.05) is 18.2 Å². The summed E-state index contributed by atoms with van der Waals surface area (Å²) in [7, 11) is 1.57. The van der Waals surface area contributed by atoms with Gasteiger partial charge in [0.15, 0.2) is 10.7 Å². The zero-order valence-corrected chi connectivity index (χ0v) is 19.0. The highest BCUT2D eigenvalue weighted by atomic mass is 35.5. The lowest BCUT2D eigenvalue weighted by molar-refractivity contribution is 0.0977. The summed E-state index contributed by atoms with van der Waals surface area (Å²) in [6.07, 6.45) is 0.915. The van der Waals surface area contributed by atoms with Crippen molar-refractivity contribution in [2.75, 3.05) is 12.4 Å². The maximum absolute atomic E-state index is 12.4. The molecule has 2 N–H and O–H groups in total. The first-order valence-corrected chi connectivity index (χ1v) is 10.7. The number of amides is 1. The summed E-state index contributed by atoms with van der Waals surface area (Å²) < 4.78 is 11.0. The van der Waals surface area contributed by atoms with E-state index in [1.165, 1.54) is 5.56 Å². The SMILES string of the molecule is CCc1ccc2oc(-c3cc(NC(=S)NC(=O)c4ccc(OC)cc4)ccc3Cl)nc2c1. The Morgan fingerprint density at radius 3 is 2.62 bits per heavy atom. The van der Waals surface area contributed by atoms with Gasteiger partial charge in [-0.15, -0.1) is 0 Å². The molecular weight excluding hydrogens is 446 g/mol. The highest BCUT2D eigenvalue weighted by Gasteiger charge is 2.14. The van der Waals surface area contributed by atoms with E-state index in [0.29, 0.717) is 39.1 Å². The summed E-state index contributed by atoms with van der Waals surface area (Å²) in [4.78, 5) is 17.0. The number of oxazole rings is 1. The van der Waals surface area contributed by atoms with Gasteiger partial charge < -0.3 is 14.5 Å². The van der Waals surface area contributed by atoms with E-state index in [-0.39, 0.29) is 11.0 Å². The monoisotopic (exact) mass is 465 g/mol. The van der Waals surface area contributed by atoms with Crippen LogP contribution >= 0.6 is 23.8 Å². The molecule has 4 rings (SSSR count). The van der Waals surface area contributed by atoms with Gasteiger partial charge >= 0.3 is 0 Å². The van der Waals surface area contributed by atoms with E-state index in [9.17, 15) is 4.79 Å². The van der Waals surface area contributed by atoms with Crippen molar-refractivity contribution in [2.24, 2.45) is 0 Å². The van der Waals surface area contributed by atoms with Gasteiger partial charge in [-0.25, -0.2) is 4.98 Å². The average molecular weight is 466 g/mol. The van der Waals surface area contributed by atoms with Crippen LogP contribution in [0.25, 0.3) is 22.6 Å². The molecule has 0 aliphatic carbocycles. The lowest BCUT2D eigenvalue weighted by Crippen LogP contribution is -2.34. The number of hydrogen-bond donors (Lipinski definition) is 2. The molecule has 0 spiro atoms. The Hall–Kier alpha value is -3.42. The van der Waals surface area contributed by atoms with Crippen molar-refractivity contribution in [2.45, 2.75) is 13.3 Å². The van der Waals surface area contributed by atoms with Gasteiger partial charge in [-0.05, 0) is 78.8 Å². The molecule has 0 saturated heterocycles. The number of hydrogen-bond acceptors (Lipinski definition) is 5. The second kappa shape index (κ2) is 9.38. The van der Waals surface area contributed by atoms with Crippen molar-refractivity contribution in [1.82, 2.24) is 10.3 Å². The Labute approximate surface area is 195 Å². The van der Waals surface area contributed by atoms with Crippen molar-refractivity contribution in [3.8, 4) is 17.2 Å². The Morgan fingerprint density at radius 2 is 1.91 bits per heavy atom. The third-order valence-electron chi connectivity index (χ3n) is 4.89. The maximum atomic E-state index is 12.4. The second-order valence-corrected chi connectivity index (χ2v) is 7.82. The zero-order valence-electron chi connectivity index (χ0n) is 17.4. The van der Waals surface area contributed by atoms with E-state index in [2.05, 4.69) is 22.5 Å². The highest BCUT2D eigenvalue weighted by molar-refractivity contribution is 7.80. The number of fused-ring (bicyclic) bond motifs is 1. The number of ether oxygens (including phenoxy) is 1. The topological polar surface area (TPSA) is 76.4 Å².